The molecule has 1 saturated heterocycles. The third-order valence-electron chi connectivity index (χ3n) is 6.77. The normalized spacial score (nSPS) is 15.8. The van der Waals surface area contributed by atoms with Gasteiger partial charge in [-0.3, -0.25) is 9.69 Å². The molecule has 180 valence electrons. The van der Waals surface area contributed by atoms with Crippen molar-refractivity contribution < 1.29 is 14.6 Å². The maximum Gasteiger partial charge on any atom is 0.241 e. The second kappa shape index (κ2) is 10.8. The van der Waals surface area contributed by atoms with Gasteiger partial charge in [0.15, 0.2) is 17.7 Å². The van der Waals surface area contributed by atoms with Crippen LogP contribution in [0.3, 0.4) is 0 Å². The van der Waals surface area contributed by atoms with Crippen LogP contribution in [0.1, 0.15) is 42.9 Å². The van der Waals surface area contributed by atoms with Gasteiger partial charge in [-0.1, -0.05) is 25.1 Å². The lowest BCUT2D eigenvalue weighted by Crippen LogP contribution is -2.50. The van der Waals surface area contributed by atoms with E-state index < -0.39 is 0 Å². The molecule has 1 heterocycles. The second-order valence-corrected chi connectivity index (χ2v) is 9.00. The van der Waals surface area contributed by atoms with Crippen molar-refractivity contribution in [3.63, 3.8) is 0 Å². The summed E-state index contributed by atoms with van der Waals surface area (Å²) in [7, 11) is 1.89. The van der Waals surface area contributed by atoms with Crippen LogP contribution in [0.5, 0.6) is 11.5 Å². The Morgan fingerprint density at radius 1 is 1.24 bits per heavy atom. The molecule has 1 amide bonds. The number of para-hydroxylation sites is 2. The van der Waals surface area contributed by atoms with Crippen LogP contribution >= 0.6 is 0 Å². The number of carbonyl (C=O) groups is 1. The first kappa shape index (κ1) is 24.7. The molecule has 0 spiro atoms. The van der Waals surface area contributed by atoms with Gasteiger partial charge in [-0.15, -0.1) is 0 Å². The Bertz CT molecular complexity index is 970. The molecule has 1 atom stereocenters. The predicted octanol–water partition coefficient (Wildman–Crippen LogP) is 4.05. The lowest BCUT2D eigenvalue weighted by Gasteiger charge is -2.40. The fraction of sp³-hybridized carbons (Fsp3) is 0.500. The van der Waals surface area contributed by atoms with Crippen LogP contribution in [-0.4, -0.2) is 59.8 Å². The fourth-order valence-corrected chi connectivity index (χ4v) is 4.65. The Morgan fingerprint density at radius 2 is 1.91 bits per heavy atom. The van der Waals surface area contributed by atoms with E-state index in [9.17, 15) is 9.90 Å². The van der Waals surface area contributed by atoms with Crippen molar-refractivity contribution in [1.82, 2.24) is 9.80 Å². The number of piperidine rings is 1. The number of phenolic OH excluding ortho intramolecular Hbond substituents is 1. The van der Waals surface area contributed by atoms with E-state index in [1.165, 1.54) is 0 Å². The largest absolute Gasteiger partial charge is 0.504 e. The van der Waals surface area contributed by atoms with E-state index >= 15 is 0 Å². The quantitative estimate of drug-likeness (QED) is 0.521. The topological polar surface area (TPSA) is 91.1 Å². The van der Waals surface area contributed by atoms with Gasteiger partial charge in [0.2, 0.25) is 5.91 Å². The van der Waals surface area contributed by atoms with Gasteiger partial charge in [0, 0.05) is 37.6 Å². The molecule has 7 heteroatoms. The number of likely N-dealkylation sites (tertiary alicyclic amines) is 1. The Labute approximate surface area is 197 Å². The second-order valence-electron chi connectivity index (χ2n) is 9.00. The summed E-state index contributed by atoms with van der Waals surface area (Å²) < 4.78 is 6.08. The number of rotatable bonds is 8. The molecule has 1 fully saturated rings. The van der Waals surface area contributed by atoms with Crippen molar-refractivity contribution in [3.05, 3.63) is 47.0 Å². The molecule has 0 radical (unpaired) electrons. The molecule has 1 unspecified atom stereocenters. The van der Waals surface area contributed by atoms with Crippen molar-refractivity contribution in [2.24, 2.45) is 0 Å². The maximum absolute atomic E-state index is 12.9. The van der Waals surface area contributed by atoms with E-state index in [1.807, 2.05) is 38.8 Å². The number of benzene rings is 2. The van der Waals surface area contributed by atoms with Crippen LogP contribution in [0.15, 0.2) is 30.3 Å². The Morgan fingerprint density at radius 3 is 2.55 bits per heavy atom. The Balaban J connectivity index is 1.53. The van der Waals surface area contributed by atoms with Crippen molar-refractivity contribution in [2.45, 2.75) is 59.2 Å². The van der Waals surface area contributed by atoms with Crippen LogP contribution in [0.4, 0.5) is 11.4 Å². The molecule has 4 N–H and O–H groups in total. The van der Waals surface area contributed by atoms with E-state index in [4.69, 9.17) is 10.5 Å². The van der Waals surface area contributed by atoms with Crippen LogP contribution in [0.25, 0.3) is 0 Å². The highest BCUT2D eigenvalue weighted by Gasteiger charge is 2.29. The molecule has 2 aromatic carbocycles. The highest BCUT2D eigenvalue weighted by molar-refractivity contribution is 5.82. The first-order valence-corrected chi connectivity index (χ1v) is 11.8. The van der Waals surface area contributed by atoms with Gasteiger partial charge >= 0.3 is 0 Å². The number of phenols is 1. The summed E-state index contributed by atoms with van der Waals surface area (Å²) in [5, 5.41) is 13.3. The molecule has 2 aromatic rings. The van der Waals surface area contributed by atoms with Crippen LogP contribution in [-0.2, 0) is 4.79 Å². The summed E-state index contributed by atoms with van der Waals surface area (Å²) in [6.07, 6.45) is 2.49. The number of nitrogen functional groups attached to an aromatic ring is 1. The number of carbonyl (C=O) groups excluding carboxylic acids is 1. The molecule has 1 aliphatic heterocycles. The van der Waals surface area contributed by atoms with Crippen LogP contribution < -0.4 is 15.8 Å². The van der Waals surface area contributed by atoms with Crippen molar-refractivity contribution in [1.29, 1.82) is 0 Å². The number of likely N-dealkylation sites (N-methyl/N-ethyl adjacent to an activating group) is 1. The molecule has 7 nitrogen and oxygen atoms in total. The molecular formula is C26H38N4O3. The van der Waals surface area contributed by atoms with E-state index in [0.717, 1.165) is 60.4 Å². The van der Waals surface area contributed by atoms with Gasteiger partial charge in [-0.2, -0.15) is 0 Å². The number of aromatic hydroxyl groups is 1. The van der Waals surface area contributed by atoms with Gasteiger partial charge in [0.25, 0.3) is 0 Å². The zero-order chi connectivity index (χ0) is 24.1. The Hall–Kier alpha value is -2.93. The molecule has 3 rings (SSSR count). The zero-order valence-electron chi connectivity index (χ0n) is 20.5. The van der Waals surface area contributed by atoms with Gasteiger partial charge in [-0.05, 0) is 68.9 Å². The number of amides is 1. The summed E-state index contributed by atoms with van der Waals surface area (Å²) >= 11 is 0. The maximum atomic E-state index is 12.9. The zero-order valence-corrected chi connectivity index (χ0v) is 20.5. The number of anilines is 2. The summed E-state index contributed by atoms with van der Waals surface area (Å²) in [6, 6.07) is 9.31. The van der Waals surface area contributed by atoms with E-state index in [1.54, 1.807) is 18.2 Å². The number of aryl methyl sites for hydroxylation is 2. The summed E-state index contributed by atoms with van der Waals surface area (Å²) in [4.78, 5) is 17.1. The summed E-state index contributed by atoms with van der Waals surface area (Å²) in [5.74, 6) is 0.737. The van der Waals surface area contributed by atoms with Crippen molar-refractivity contribution in [2.75, 3.05) is 37.7 Å². The van der Waals surface area contributed by atoms with Gasteiger partial charge in [0.1, 0.15) is 0 Å². The monoisotopic (exact) mass is 454 g/mol. The average molecular weight is 455 g/mol. The van der Waals surface area contributed by atoms with Crippen molar-refractivity contribution in [3.8, 4) is 11.5 Å². The van der Waals surface area contributed by atoms with Crippen LogP contribution in [0.2, 0.25) is 0 Å². The molecule has 0 bridgehead atoms. The van der Waals surface area contributed by atoms with Crippen molar-refractivity contribution >= 4 is 17.3 Å². The SMILES string of the molecule is CCC(Oc1ccccc1O)N1CCC(N(C)C(=O)CNc2c(C)cc(C)c(N)c2C)CC1. The summed E-state index contributed by atoms with van der Waals surface area (Å²) in [6.45, 7) is 10.0. The molecule has 0 aliphatic carbocycles. The van der Waals surface area contributed by atoms with Gasteiger partial charge in [0.05, 0.1) is 6.54 Å². The number of nitrogens with one attached hydrogen (secondary N) is 1. The number of nitrogens with two attached hydrogens (primary N) is 1. The predicted molar refractivity (Wildman–Crippen MR) is 134 cm³/mol. The van der Waals surface area contributed by atoms with E-state index in [0.29, 0.717) is 5.75 Å². The fourth-order valence-electron chi connectivity index (χ4n) is 4.65. The highest BCUT2D eigenvalue weighted by Crippen LogP contribution is 2.29. The number of nitrogens with zero attached hydrogens (tertiary/aromatic N) is 2. The van der Waals surface area contributed by atoms with E-state index in [2.05, 4.69) is 23.2 Å². The highest BCUT2D eigenvalue weighted by atomic mass is 16.5. The lowest BCUT2D eigenvalue weighted by molar-refractivity contribution is -0.131. The number of hydrogen-bond donors (Lipinski definition) is 3. The first-order valence-electron chi connectivity index (χ1n) is 11.8. The minimum atomic E-state index is -0.0973. The standard InChI is InChI=1S/C26H38N4O3/c1-6-24(33-22-10-8-7-9-21(22)31)30-13-11-20(12-14-30)29(5)23(32)16-28-26-18(3)15-17(2)25(27)19(26)4/h7-10,15,20,24,28,31H,6,11-14,16,27H2,1-5H3. The first-order chi connectivity index (χ1) is 15.7. The minimum absolute atomic E-state index is 0.0731. The molecule has 0 saturated carbocycles. The minimum Gasteiger partial charge on any atom is -0.504 e. The van der Waals surface area contributed by atoms with Gasteiger partial charge in [-0.25, -0.2) is 0 Å². The molecule has 1 aliphatic rings. The lowest BCUT2D eigenvalue weighted by atomic mass is 10.0. The van der Waals surface area contributed by atoms with Gasteiger partial charge < -0.3 is 25.8 Å². The number of hydrogen-bond acceptors (Lipinski definition) is 6. The number of ether oxygens (including phenoxy) is 1. The third kappa shape index (κ3) is 5.71. The molecular weight excluding hydrogens is 416 g/mol. The third-order valence-corrected chi connectivity index (χ3v) is 6.77. The van der Waals surface area contributed by atoms with E-state index in [-0.39, 0.29) is 30.5 Å². The molecule has 33 heavy (non-hydrogen) atoms. The average Bonchev–Trinajstić information content (AvgIpc) is 2.81. The molecule has 0 aromatic heterocycles. The van der Waals surface area contributed by atoms with Crippen LogP contribution in [0, 0.1) is 20.8 Å². The Kier molecular flexibility index (Phi) is 8.08. The smallest absolute Gasteiger partial charge is 0.241 e. The summed E-state index contributed by atoms with van der Waals surface area (Å²) in [5.41, 5.74) is 11.0.